The second-order valence-electron chi connectivity index (χ2n) is 6.70. The molecule has 0 saturated heterocycles. The normalized spacial score (nSPS) is 11.4. The molecule has 0 N–H and O–H groups in total. The van der Waals surface area contributed by atoms with Gasteiger partial charge in [-0.05, 0) is 47.5 Å². The van der Waals surface area contributed by atoms with E-state index in [2.05, 4.69) is 0 Å². The molecule has 4 heteroatoms. The standard InChI is InChI=1S/C24H14ClF2N/c25-17-7-3-5-15(11-17)16-6-4-8-19(12-16)28-23-10-2-1-9-20(23)21-13-18(26)14-22(27)24(21)28/h1-14H. The van der Waals surface area contributed by atoms with E-state index in [4.69, 9.17) is 11.6 Å². The molecule has 4 aromatic carbocycles. The van der Waals surface area contributed by atoms with Gasteiger partial charge in [0.25, 0.3) is 0 Å². The lowest BCUT2D eigenvalue weighted by molar-refractivity contribution is 0.590. The summed E-state index contributed by atoms with van der Waals surface area (Å²) < 4.78 is 30.6. The summed E-state index contributed by atoms with van der Waals surface area (Å²) in [5, 5.41) is 2.02. The highest BCUT2D eigenvalue weighted by Gasteiger charge is 2.17. The number of benzene rings is 4. The zero-order chi connectivity index (χ0) is 19.3. The maximum absolute atomic E-state index is 14.8. The van der Waals surface area contributed by atoms with Crippen LogP contribution in [0.2, 0.25) is 5.02 Å². The van der Waals surface area contributed by atoms with E-state index < -0.39 is 11.6 Å². The van der Waals surface area contributed by atoms with Crippen LogP contribution in [0.25, 0.3) is 38.6 Å². The Morgan fingerprint density at radius 2 is 1.43 bits per heavy atom. The fraction of sp³-hybridized carbons (Fsp3) is 0. The molecule has 136 valence electrons. The van der Waals surface area contributed by atoms with E-state index in [1.54, 1.807) is 0 Å². The van der Waals surface area contributed by atoms with Crippen molar-refractivity contribution in [1.29, 1.82) is 0 Å². The highest BCUT2D eigenvalue weighted by molar-refractivity contribution is 6.30. The Morgan fingerprint density at radius 3 is 2.25 bits per heavy atom. The molecular weight excluding hydrogens is 376 g/mol. The molecule has 0 bridgehead atoms. The first-order valence-electron chi connectivity index (χ1n) is 8.86. The van der Waals surface area contributed by atoms with Gasteiger partial charge in [0.15, 0.2) is 5.82 Å². The minimum Gasteiger partial charge on any atom is -0.307 e. The average Bonchev–Trinajstić information content (AvgIpc) is 3.03. The molecule has 0 amide bonds. The Kier molecular flexibility index (Phi) is 3.92. The minimum absolute atomic E-state index is 0.367. The molecule has 5 rings (SSSR count). The van der Waals surface area contributed by atoms with Gasteiger partial charge in [-0.25, -0.2) is 8.78 Å². The molecule has 0 aliphatic rings. The van der Waals surface area contributed by atoms with Gasteiger partial charge >= 0.3 is 0 Å². The summed E-state index contributed by atoms with van der Waals surface area (Å²) in [7, 11) is 0. The molecule has 1 nitrogen and oxygen atoms in total. The highest BCUT2D eigenvalue weighted by atomic mass is 35.5. The Bertz CT molecular complexity index is 1350. The van der Waals surface area contributed by atoms with Crippen molar-refractivity contribution in [3.63, 3.8) is 0 Å². The van der Waals surface area contributed by atoms with Crippen molar-refractivity contribution in [2.45, 2.75) is 0 Å². The maximum atomic E-state index is 14.8. The summed E-state index contributed by atoms with van der Waals surface area (Å²) in [4.78, 5) is 0. The van der Waals surface area contributed by atoms with E-state index in [9.17, 15) is 8.78 Å². The van der Waals surface area contributed by atoms with Gasteiger partial charge in [0, 0.05) is 27.5 Å². The summed E-state index contributed by atoms with van der Waals surface area (Å²) in [5.41, 5.74) is 3.93. The van der Waals surface area contributed by atoms with Gasteiger partial charge in [-0.15, -0.1) is 0 Å². The topological polar surface area (TPSA) is 4.93 Å². The first-order valence-corrected chi connectivity index (χ1v) is 9.24. The van der Waals surface area contributed by atoms with Crippen LogP contribution >= 0.6 is 11.6 Å². The zero-order valence-electron chi connectivity index (χ0n) is 14.7. The first kappa shape index (κ1) is 17.0. The van der Waals surface area contributed by atoms with Crippen molar-refractivity contribution in [2.24, 2.45) is 0 Å². The molecule has 0 atom stereocenters. The van der Waals surface area contributed by atoms with Crippen molar-refractivity contribution in [3.05, 3.63) is 102 Å². The van der Waals surface area contributed by atoms with Crippen molar-refractivity contribution in [1.82, 2.24) is 4.57 Å². The SMILES string of the molecule is Fc1cc(F)c2c(c1)c1ccccc1n2-c1cccc(-c2cccc(Cl)c2)c1. The predicted molar refractivity (Wildman–Crippen MR) is 111 cm³/mol. The largest absolute Gasteiger partial charge is 0.307 e. The molecule has 0 saturated carbocycles. The molecule has 0 aliphatic heterocycles. The van der Waals surface area contributed by atoms with Crippen LogP contribution < -0.4 is 0 Å². The molecular formula is C24H14ClF2N. The van der Waals surface area contributed by atoms with E-state index >= 15 is 0 Å². The molecule has 0 unspecified atom stereocenters. The van der Waals surface area contributed by atoms with Gasteiger partial charge in [-0.1, -0.05) is 54.1 Å². The van der Waals surface area contributed by atoms with Crippen molar-refractivity contribution < 1.29 is 8.78 Å². The molecule has 1 heterocycles. The van der Waals surface area contributed by atoms with Gasteiger partial charge in [0.05, 0.1) is 11.0 Å². The van der Waals surface area contributed by atoms with Crippen LogP contribution in [0.3, 0.4) is 0 Å². The minimum atomic E-state index is -0.584. The Hall–Kier alpha value is -3.17. The highest BCUT2D eigenvalue weighted by Crippen LogP contribution is 2.35. The molecule has 0 fully saturated rings. The van der Waals surface area contributed by atoms with Crippen LogP contribution in [0.1, 0.15) is 0 Å². The number of halogens is 3. The summed E-state index contributed by atoms with van der Waals surface area (Å²) >= 11 is 6.14. The van der Waals surface area contributed by atoms with Gasteiger partial charge in [0.1, 0.15) is 5.82 Å². The first-order chi connectivity index (χ1) is 13.6. The van der Waals surface area contributed by atoms with Gasteiger partial charge in [-0.2, -0.15) is 0 Å². The molecule has 0 aliphatic carbocycles. The van der Waals surface area contributed by atoms with Crippen molar-refractivity contribution in [3.8, 4) is 16.8 Å². The smallest absolute Gasteiger partial charge is 0.150 e. The fourth-order valence-electron chi connectivity index (χ4n) is 3.78. The summed E-state index contributed by atoms with van der Waals surface area (Å²) in [6.07, 6.45) is 0. The Morgan fingerprint density at radius 1 is 0.679 bits per heavy atom. The van der Waals surface area contributed by atoms with Gasteiger partial charge < -0.3 is 4.57 Å². The van der Waals surface area contributed by atoms with E-state index in [0.29, 0.717) is 15.9 Å². The second-order valence-corrected chi connectivity index (χ2v) is 7.13. The van der Waals surface area contributed by atoms with Crippen molar-refractivity contribution >= 4 is 33.4 Å². The fourth-order valence-corrected chi connectivity index (χ4v) is 3.97. The van der Waals surface area contributed by atoms with Crippen LogP contribution in [0.15, 0.2) is 84.9 Å². The second kappa shape index (κ2) is 6.47. The van der Waals surface area contributed by atoms with Crippen LogP contribution in [0.5, 0.6) is 0 Å². The third kappa shape index (κ3) is 2.67. The number of rotatable bonds is 2. The van der Waals surface area contributed by atoms with E-state index in [0.717, 1.165) is 33.8 Å². The van der Waals surface area contributed by atoms with E-state index in [1.807, 2.05) is 77.4 Å². The summed E-state index contributed by atoms with van der Waals surface area (Å²) in [6, 6.07) is 25.3. The van der Waals surface area contributed by atoms with E-state index in [-0.39, 0.29) is 0 Å². The number of hydrogen-bond acceptors (Lipinski definition) is 0. The maximum Gasteiger partial charge on any atom is 0.150 e. The summed E-state index contributed by atoms with van der Waals surface area (Å²) in [5.74, 6) is -1.17. The molecule has 0 spiro atoms. The third-order valence-corrected chi connectivity index (χ3v) is 5.18. The van der Waals surface area contributed by atoms with E-state index in [1.165, 1.54) is 6.07 Å². The molecule has 28 heavy (non-hydrogen) atoms. The predicted octanol–water partition coefficient (Wildman–Crippen LogP) is 7.38. The average molecular weight is 390 g/mol. The number of para-hydroxylation sites is 1. The Balaban J connectivity index is 1.83. The van der Waals surface area contributed by atoms with Crippen LogP contribution in [0.4, 0.5) is 8.78 Å². The van der Waals surface area contributed by atoms with Gasteiger partial charge in [0.2, 0.25) is 0 Å². The lowest BCUT2D eigenvalue weighted by Gasteiger charge is -2.11. The number of aromatic nitrogens is 1. The number of hydrogen-bond donors (Lipinski definition) is 0. The van der Waals surface area contributed by atoms with Crippen molar-refractivity contribution in [2.75, 3.05) is 0 Å². The number of nitrogens with zero attached hydrogens (tertiary/aromatic N) is 1. The van der Waals surface area contributed by atoms with Crippen LogP contribution in [-0.2, 0) is 0 Å². The van der Waals surface area contributed by atoms with Gasteiger partial charge in [-0.3, -0.25) is 0 Å². The lowest BCUT2D eigenvalue weighted by Crippen LogP contribution is -1.96. The summed E-state index contributed by atoms with van der Waals surface area (Å²) in [6.45, 7) is 0. The lowest BCUT2D eigenvalue weighted by atomic mass is 10.1. The molecule has 1 aromatic heterocycles. The third-order valence-electron chi connectivity index (χ3n) is 4.95. The Labute approximate surface area is 165 Å². The monoisotopic (exact) mass is 389 g/mol. The number of fused-ring (bicyclic) bond motifs is 3. The zero-order valence-corrected chi connectivity index (χ0v) is 15.4. The quantitative estimate of drug-likeness (QED) is 0.297. The van der Waals surface area contributed by atoms with Crippen LogP contribution in [0, 0.1) is 11.6 Å². The molecule has 5 aromatic rings. The van der Waals surface area contributed by atoms with Crippen LogP contribution in [-0.4, -0.2) is 4.57 Å². The molecule has 0 radical (unpaired) electrons.